The molecule has 0 fully saturated rings. The first-order valence-electron chi connectivity index (χ1n) is 7.08. The van der Waals surface area contributed by atoms with Gasteiger partial charge in [0.2, 0.25) is 10.0 Å². The van der Waals surface area contributed by atoms with Gasteiger partial charge in [0.05, 0.1) is 17.8 Å². The standard InChI is InChI=1S/C16H17N3O2S/c20-22(21,18-10-13-6-2-1-3-7-13)12-14-11-17-15-8-4-5-9-16(15)19-14/h1-9,11,15-16,18H,10,12H2. The maximum Gasteiger partial charge on any atom is 0.217 e. The van der Waals surface area contributed by atoms with Gasteiger partial charge in [0.1, 0.15) is 5.75 Å². The first-order valence-corrected chi connectivity index (χ1v) is 8.74. The molecule has 6 heteroatoms. The molecule has 0 saturated carbocycles. The van der Waals surface area contributed by atoms with Crippen molar-refractivity contribution in [2.24, 2.45) is 9.98 Å². The average molecular weight is 315 g/mol. The minimum atomic E-state index is -3.43. The molecule has 0 spiro atoms. The molecule has 2 unspecified atom stereocenters. The van der Waals surface area contributed by atoms with E-state index >= 15 is 0 Å². The van der Waals surface area contributed by atoms with Gasteiger partial charge in [-0.15, -0.1) is 0 Å². The van der Waals surface area contributed by atoms with Crippen molar-refractivity contribution >= 4 is 21.9 Å². The van der Waals surface area contributed by atoms with Crippen molar-refractivity contribution in [1.29, 1.82) is 0 Å². The summed E-state index contributed by atoms with van der Waals surface area (Å²) in [6.45, 7) is 0.280. The van der Waals surface area contributed by atoms with Gasteiger partial charge in [0.25, 0.3) is 0 Å². The molecule has 1 aliphatic carbocycles. The van der Waals surface area contributed by atoms with E-state index in [0.29, 0.717) is 5.71 Å². The average Bonchev–Trinajstić information content (AvgIpc) is 2.54. The maximum absolute atomic E-state index is 12.1. The minimum Gasteiger partial charge on any atom is -0.281 e. The van der Waals surface area contributed by atoms with Crippen LogP contribution in [-0.2, 0) is 16.6 Å². The van der Waals surface area contributed by atoms with E-state index in [1.807, 2.05) is 54.6 Å². The van der Waals surface area contributed by atoms with Crippen molar-refractivity contribution in [3.8, 4) is 0 Å². The van der Waals surface area contributed by atoms with Gasteiger partial charge in [0, 0.05) is 12.8 Å². The third kappa shape index (κ3) is 3.78. The van der Waals surface area contributed by atoms with Crippen molar-refractivity contribution in [3.05, 3.63) is 60.2 Å². The van der Waals surface area contributed by atoms with Gasteiger partial charge >= 0.3 is 0 Å². The van der Waals surface area contributed by atoms with Crippen LogP contribution in [0.3, 0.4) is 0 Å². The van der Waals surface area contributed by atoms with Gasteiger partial charge in [-0.05, 0) is 5.56 Å². The van der Waals surface area contributed by atoms with E-state index in [4.69, 9.17) is 0 Å². The van der Waals surface area contributed by atoms with Crippen LogP contribution in [0, 0.1) is 0 Å². The second-order valence-electron chi connectivity index (χ2n) is 5.22. The predicted molar refractivity (Wildman–Crippen MR) is 88.9 cm³/mol. The third-order valence-corrected chi connectivity index (χ3v) is 4.73. The van der Waals surface area contributed by atoms with Crippen molar-refractivity contribution in [1.82, 2.24) is 4.72 Å². The number of nitrogens with zero attached hydrogens (tertiary/aromatic N) is 2. The van der Waals surface area contributed by atoms with Crippen LogP contribution in [0.25, 0.3) is 0 Å². The van der Waals surface area contributed by atoms with Crippen LogP contribution in [-0.4, -0.2) is 38.2 Å². The SMILES string of the molecule is O=S(=O)(CC1=NC2C=CC=CC2N=C1)NCc1ccccc1. The lowest BCUT2D eigenvalue weighted by atomic mass is 10.0. The van der Waals surface area contributed by atoms with Crippen molar-refractivity contribution < 1.29 is 8.42 Å². The summed E-state index contributed by atoms with van der Waals surface area (Å²) in [4.78, 5) is 8.80. The summed E-state index contributed by atoms with van der Waals surface area (Å²) in [6.07, 6.45) is 9.30. The lowest BCUT2D eigenvalue weighted by Crippen LogP contribution is -2.34. The molecule has 1 aliphatic heterocycles. The molecule has 3 rings (SSSR count). The summed E-state index contributed by atoms with van der Waals surface area (Å²) in [7, 11) is -3.43. The van der Waals surface area contributed by atoms with Crippen molar-refractivity contribution in [2.75, 3.05) is 5.75 Å². The van der Waals surface area contributed by atoms with E-state index in [2.05, 4.69) is 14.7 Å². The fourth-order valence-corrected chi connectivity index (χ4v) is 3.37. The summed E-state index contributed by atoms with van der Waals surface area (Å²) >= 11 is 0. The quantitative estimate of drug-likeness (QED) is 0.894. The Morgan fingerprint density at radius 1 is 1.05 bits per heavy atom. The van der Waals surface area contributed by atoms with Crippen molar-refractivity contribution in [3.63, 3.8) is 0 Å². The second-order valence-corrected chi connectivity index (χ2v) is 7.02. The number of rotatable bonds is 5. The number of benzene rings is 1. The van der Waals surface area contributed by atoms with Crippen LogP contribution >= 0.6 is 0 Å². The Hall–Kier alpha value is -2.05. The zero-order valence-corrected chi connectivity index (χ0v) is 12.8. The molecule has 2 aliphatic rings. The summed E-state index contributed by atoms with van der Waals surface area (Å²) in [6, 6.07) is 9.32. The van der Waals surface area contributed by atoms with Crippen LogP contribution in [0.2, 0.25) is 0 Å². The Bertz CT molecular complexity index is 749. The van der Waals surface area contributed by atoms with Crippen LogP contribution in [0.15, 0.2) is 64.6 Å². The zero-order valence-electron chi connectivity index (χ0n) is 12.0. The normalized spacial score (nSPS) is 23.2. The van der Waals surface area contributed by atoms with Crippen LogP contribution in [0.1, 0.15) is 5.56 Å². The molecular formula is C16H17N3O2S. The molecule has 22 heavy (non-hydrogen) atoms. The van der Waals surface area contributed by atoms with E-state index < -0.39 is 10.0 Å². The summed E-state index contributed by atoms with van der Waals surface area (Å²) in [5.41, 5.74) is 1.41. The Morgan fingerprint density at radius 2 is 1.77 bits per heavy atom. The molecule has 1 N–H and O–H groups in total. The number of aliphatic imine (C=N–C) groups is 2. The van der Waals surface area contributed by atoms with E-state index in [0.717, 1.165) is 5.56 Å². The number of nitrogens with one attached hydrogen (secondary N) is 1. The summed E-state index contributed by atoms with van der Waals surface area (Å²) < 4.78 is 26.9. The monoisotopic (exact) mass is 315 g/mol. The van der Waals surface area contributed by atoms with Gasteiger partial charge < -0.3 is 0 Å². The Labute approximate surface area is 130 Å². The number of sulfonamides is 1. The third-order valence-electron chi connectivity index (χ3n) is 3.47. The van der Waals surface area contributed by atoms with Crippen LogP contribution in [0.5, 0.6) is 0 Å². The molecule has 0 aromatic heterocycles. The fraction of sp³-hybridized carbons (Fsp3) is 0.250. The highest BCUT2D eigenvalue weighted by Crippen LogP contribution is 2.15. The topological polar surface area (TPSA) is 70.9 Å². The second kappa shape index (κ2) is 6.37. The molecule has 0 radical (unpaired) electrons. The first kappa shape index (κ1) is 14.9. The molecule has 1 heterocycles. The molecule has 114 valence electrons. The highest BCUT2D eigenvalue weighted by Gasteiger charge is 2.23. The fourth-order valence-electron chi connectivity index (χ4n) is 2.35. The van der Waals surface area contributed by atoms with E-state index in [1.54, 1.807) is 6.21 Å². The number of fused-ring (bicyclic) bond motifs is 1. The van der Waals surface area contributed by atoms with Crippen LogP contribution < -0.4 is 4.72 Å². The number of hydrogen-bond acceptors (Lipinski definition) is 4. The first-order chi connectivity index (χ1) is 10.6. The van der Waals surface area contributed by atoms with Gasteiger partial charge in [-0.3, -0.25) is 9.98 Å². The molecule has 0 saturated heterocycles. The van der Waals surface area contributed by atoms with Crippen molar-refractivity contribution in [2.45, 2.75) is 18.6 Å². The van der Waals surface area contributed by atoms with Gasteiger partial charge in [-0.2, -0.15) is 0 Å². The lowest BCUT2D eigenvalue weighted by Gasteiger charge is -2.21. The van der Waals surface area contributed by atoms with Gasteiger partial charge in [-0.1, -0.05) is 54.6 Å². The molecule has 5 nitrogen and oxygen atoms in total. The molecule has 2 atom stereocenters. The molecule has 0 bridgehead atoms. The van der Waals surface area contributed by atoms with Gasteiger partial charge in [-0.25, -0.2) is 13.1 Å². The molecule has 1 aromatic carbocycles. The zero-order chi connectivity index (χ0) is 15.4. The molecule has 0 amide bonds. The van der Waals surface area contributed by atoms with E-state index in [9.17, 15) is 8.42 Å². The molecule has 1 aromatic rings. The smallest absolute Gasteiger partial charge is 0.217 e. The Balaban J connectivity index is 1.62. The molecular weight excluding hydrogens is 298 g/mol. The summed E-state index contributed by atoms with van der Waals surface area (Å²) in [5, 5.41) is 0. The predicted octanol–water partition coefficient (Wildman–Crippen LogP) is 1.49. The maximum atomic E-state index is 12.1. The van der Waals surface area contributed by atoms with Crippen LogP contribution in [0.4, 0.5) is 0 Å². The van der Waals surface area contributed by atoms with E-state index in [-0.39, 0.29) is 24.4 Å². The number of hydrogen-bond donors (Lipinski definition) is 1. The largest absolute Gasteiger partial charge is 0.281 e. The Kier molecular flexibility index (Phi) is 4.31. The van der Waals surface area contributed by atoms with Gasteiger partial charge in [0.15, 0.2) is 0 Å². The van der Waals surface area contributed by atoms with E-state index in [1.165, 1.54) is 0 Å². The highest BCUT2D eigenvalue weighted by atomic mass is 32.2. The lowest BCUT2D eigenvalue weighted by molar-refractivity contribution is 0.585. The Morgan fingerprint density at radius 3 is 2.55 bits per heavy atom. The minimum absolute atomic E-state index is 0.00580. The number of allylic oxidation sites excluding steroid dienone is 2. The summed E-state index contributed by atoms with van der Waals surface area (Å²) in [5.74, 6) is -0.149. The highest BCUT2D eigenvalue weighted by molar-refractivity contribution is 7.90.